The van der Waals surface area contributed by atoms with Crippen molar-refractivity contribution in [1.29, 1.82) is 0 Å². The Balaban J connectivity index is 2.55. The van der Waals surface area contributed by atoms with E-state index in [0.29, 0.717) is 5.89 Å². The molecule has 78 valence electrons. The van der Waals surface area contributed by atoms with E-state index < -0.39 is 12.0 Å². The number of carboxylic acids is 1. The van der Waals surface area contributed by atoms with Gasteiger partial charge >= 0.3 is 5.97 Å². The maximum Gasteiger partial charge on any atom is 0.320 e. The van der Waals surface area contributed by atoms with E-state index in [0.717, 1.165) is 0 Å². The molecule has 7 heteroatoms. The molecule has 0 spiro atoms. The van der Waals surface area contributed by atoms with Crippen molar-refractivity contribution in [1.82, 2.24) is 10.1 Å². The lowest BCUT2D eigenvalue weighted by atomic mass is 10.2. The summed E-state index contributed by atoms with van der Waals surface area (Å²) in [5, 5.41) is 12.1. The quantitative estimate of drug-likeness (QED) is 0.639. The van der Waals surface area contributed by atoms with E-state index in [2.05, 4.69) is 10.1 Å². The lowest BCUT2D eigenvalue weighted by Crippen LogP contribution is -2.32. The number of hydrogen-bond acceptors (Lipinski definition) is 6. The molecule has 1 heterocycles. The minimum atomic E-state index is -1.09. The number of nitrogens with two attached hydrogens (primary N) is 1. The number of carbonyl (C=O) groups is 1. The molecule has 0 aliphatic heterocycles. The van der Waals surface area contributed by atoms with Crippen LogP contribution in [-0.4, -0.2) is 34.4 Å². The number of carboxylic acid groups (broad SMARTS) is 1. The van der Waals surface area contributed by atoms with Crippen molar-refractivity contribution in [3.63, 3.8) is 0 Å². The zero-order chi connectivity index (χ0) is 10.6. The van der Waals surface area contributed by atoms with Crippen LogP contribution in [0.4, 0.5) is 0 Å². The van der Waals surface area contributed by atoms with E-state index in [-0.39, 0.29) is 18.9 Å². The number of methoxy groups -OCH3 is 1. The van der Waals surface area contributed by atoms with Gasteiger partial charge in [-0.05, 0) is 0 Å². The molecule has 0 bridgehead atoms. The molecule has 1 aromatic heterocycles. The molecule has 0 radical (unpaired) electrons. The molecule has 0 aromatic carbocycles. The fourth-order valence-corrected chi connectivity index (χ4v) is 0.839. The van der Waals surface area contributed by atoms with Gasteiger partial charge in [-0.2, -0.15) is 4.98 Å². The van der Waals surface area contributed by atoms with E-state index in [9.17, 15) is 4.79 Å². The van der Waals surface area contributed by atoms with Crippen LogP contribution in [0.3, 0.4) is 0 Å². The Morgan fingerprint density at radius 2 is 2.50 bits per heavy atom. The van der Waals surface area contributed by atoms with E-state index in [4.69, 9.17) is 20.1 Å². The molecule has 1 aromatic rings. The summed E-state index contributed by atoms with van der Waals surface area (Å²) >= 11 is 0. The molecule has 0 aliphatic rings. The molecule has 0 saturated carbocycles. The van der Waals surface area contributed by atoms with Crippen molar-refractivity contribution >= 4 is 5.97 Å². The number of aromatic nitrogens is 2. The first-order valence-corrected chi connectivity index (χ1v) is 3.92. The summed E-state index contributed by atoms with van der Waals surface area (Å²) in [5.74, 6) is -0.518. The SMILES string of the molecule is COCc1nc(C[C@H](N)C(=O)O)no1. The zero-order valence-corrected chi connectivity index (χ0v) is 7.64. The summed E-state index contributed by atoms with van der Waals surface area (Å²) in [7, 11) is 1.49. The van der Waals surface area contributed by atoms with Crippen LogP contribution in [0.1, 0.15) is 11.7 Å². The summed E-state index contributed by atoms with van der Waals surface area (Å²) in [6.07, 6.45) is 0.0442. The highest BCUT2D eigenvalue weighted by atomic mass is 16.5. The molecular formula is C7H11N3O4. The number of nitrogens with zero attached hydrogens (tertiary/aromatic N) is 2. The highest BCUT2D eigenvalue weighted by Gasteiger charge is 2.16. The highest BCUT2D eigenvalue weighted by Crippen LogP contribution is 2.00. The lowest BCUT2D eigenvalue weighted by Gasteiger charge is -2.00. The van der Waals surface area contributed by atoms with Gasteiger partial charge in [-0.15, -0.1) is 0 Å². The number of ether oxygens (including phenoxy) is 1. The van der Waals surface area contributed by atoms with Gasteiger partial charge in [0.25, 0.3) is 5.89 Å². The van der Waals surface area contributed by atoms with Crippen molar-refractivity contribution in [2.24, 2.45) is 5.73 Å². The summed E-state index contributed by atoms with van der Waals surface area (Å²) in [4.78, 5) is 14.3. The maximum atomic E-state index is 10.4. The van der Waals surface area contributed by atoms with Gasteiger partial charge in [0.1, 0.15) is 12.6 Å². The summed E-state index contributed by atoms with van der Waals surface area (Å²) in [6, 6.07) is -1.01. The third kappa shape index (κ3) is 2.79. The molecule has 7 nitrogen and oxygen atoms in total. The van der Waals surface area contributed by atoms with Crippen LogP contribution in [0.2, 0.25) is 0 Å². The Morgan fingerprint density at radius 3 is 3.07 bits per heavy atom. The second-order valence-electron chi connectivity index (χ2n) is 2.69. The van der Waals surface area contributed by atoms with Crippen LogP contribution in [0.25, 0.3) is 0 Å². The molecule has 1 rings (SSSR count). The molecule has 0 unspecified atom stereocenters. The number of hydrogen-bond donors (Lipinski definition) is 2. The van der Waals surface area contributed by atoms with Crippen LogP contribution in [-0.2, 0) is 22.6 Å². The Morgan fingerprint density at radius 1 is 1.79 bits per heavy atom. The van der Waals surface area contributed by atoms with Crippen LogP contribution in [0, 0.1) is 0 Å². The molecule has 14 heavy (non-hydrogen) atoms. The second-order valence-corrected chi connectivity index (χ2v) is 2.69. The Labute approximate surface area is 79.9 Å². The van der Waals surface area contributed by atoms with Crippen LogP contribution in [0.15, 0.2) is 4.52 Å². The highest BCUT2D eigenvalue weighted by molar-refractivity contribution is 5.73. The molecule has 0 fully saturated rings. The van der Waals surface area contributed by atoms with E-state index >= 15 is 0 Å². The maximum absolute atomic E-state index is 10.4. The third-order valence-electron chi connectivity index (χ3n) is 1.50. The van der Waals surface area contributed by atoms with Crippen LogP contribution >= 0.6 is 0 Å². The van der Waals surface area contributed by atoms with Gasteiger partial charge in [0.05, 0.1) is 0 Å². The minimum absolute atomic E-state index is 0.0442. The first kappa shape index (κ1) is 10.6. The third-order valence-corrected chi connectivity index (χ3v) is 1.50. The van der Waals surface area contributed by atoms with Crippen LogP contribution < -0.4 is 5.73 Å². The topological polar surface area (TPSA) is 111 Å². The Hall–Kier alpha value is -1.47. The molecule has 0 aliphatic carbocycles. The summed E-state index contributed by atoms with van der Waals surface area (Å²) in [6.45, 7) is 0.204. The van der Waals surface area contributed by atoms with E-state index in [1.165, 1.54) is 7.11 Å². The van der Waals surface area contributed by atoms with Crippen molar-refractivity contribution in [2.45, 2.75) is 19.1 Å². The van der Waals surface area contributed by atoms with Crippen molar-refractivity contribution in [3.8, 4) is 0 Å². The Bertz CT molecular complexity index is 312. The largest absolute Gasteiger partial charge is 0.480 e. The molecule has 3 N–H and O–H groups in total. The summed E-state index contributed by atoms with van der Waals surface area (Å²) in [5.41, 5.74) is 5.28. The monoisotopic (exact) mass is 201 g/mol. The van der Waals surface area contributed by atoms with Crippen LogP contribution in [0.5, 0.6) is 0 Å². The predicted molar refractivity (Wildman–Crippen MR) is 44.3 cm³/mol. The fraction of sp³-hybridized carbons (Fsp3) is 0.571. The smallest absolute Gasteiger partial charge is 0.320 e. The average Bonchev–Trinajstić information content (AvgIpc) is 2.53. The normalized spacial score (nSPS) is 12.7. The first-order chi connectivity index (χ1) is 6.63. The summed E-state index contributed by atoms with van der Waals surface area (Å²) < 4.78 is 9.50. The number of aliphatic carboxylic acids is 1. The van der Waals surface area contributed by atoms with Gasteiger partial charge in [0, 0.05) is 13.5 Å². The first-order valence-electron chi connectivity index (χ1n) is 3.92. The van der Waals surface area contributed by atoms with E-state index in [1.807, 2.05) is 0 Å². The molecule has 1 atom stereocenters. The average molecular weight is 201 g/mol. The van der Waals surface area contributed by atoms with Gasteiger partial charge in [0.2, 0.25) is 0 Å². The molecule has 0 amide bonds. The van der Waals surface area contributed by atoms with Gasteiger partial charge in [-0.25, -0.2) is 0 Å². The van der Waals surface area contributed by atoms with Crippen molar-refractivity contribution in [3.05, 3.63) is 11.7 Å². The van der Waals surface area contributed by atoms with Crippen molar-refractivity contribution in [2.75, 3.05) is 7.11 Å². The van der Waals surface area contributed by atoms with E-state index in [1.54, 1.807) is 0 Å². The number of rotatable bonds is 5. The van der Waals surface area contributed by atoms with Gasteiger partial charge in [-0.1, -0.05) is 5.16 Å². The zero-order valence-electron chi connectivity index (χ0n) is 7.64. The van der Waals surface area contributed by atoms with Crippen molar-refractivity contribution < 1.29 is 19.2 Å². The standard InChI is InChI=1S/C7H11N3O4/c1-13-3-6-9-5(10-14-6)2-4(8)7(11)12/h4H,2-3,8H2,1H3,(H,11,12)/t4-/m0/s1. The molecule has 0 saturated heterocycles. The fourth-order valence-electron chi connectivity index (χ4n) is 0.839. The molecular weight excluding hydrogens is 190 g/mol. The minimum Gasteiger partial charge on any atom is -0.480 e. The van der Waals surface area contributed by atoms with Gasteiger partial charge < -0.3 is 20.1 Å². The van der Waals surface area contributed by atoms with Gasteiger partial charge in [0.15, 0.2) is 5.82 Å². The Kier molecular flexibility index (Phi) is 3.55. The lowest BCUT2D eigenvalue weighted by molar-refractivity contribution is -0.138. The van der Waals surface area contributed by atoms with Gasteiger partial charge in [-0.3, -0.25) is 4.79 Å². The second kappa shape index (κ2) is 4.68. The predicted octanol–water partition coefficient (Wildman–Crippen LogP) is -0.830.